The molecule has 1 heterocycles. The summed E-state index contributed by atoms with van der Waals surface area (Å²) in [5, 5.41) is 2.85. The van der Waals surface area contributed by atoms with Crippen LogP contribution in [-0.4, -0.2) is 46.9 Å². The summed E-state index contributed by atoms with van der Waals surface area (Å²) in [7, 11) is -1.90. The summed E-state index contributed by atoms with van der Waals surface area (Å²) in [6, 6.07) is 13.0. The summed E-state index contributed by atoms with van der Waals surface area (Å²) >= 11 is 0. The van der Waals surface area contributed by atoms with Gasteiger partial charge in [-0.25, -0.2) is 8.42 Å². The van der Waals surface area contributed by atoms with E-state index in [9.17, 15) is 13.2 Å². The normalized spacial score (nSPS) is 16.0. The van der Waals surface area contributed by atoms with E-state index in [-0.39, 0.29) is 12.5 Å². The smallest absolute Gasteiger partial charge is 0.263 e. The fraction of sp³-hybridized carbons (Fsp3) is 0.381. The van der Waals surface area contributed by atoms with E-state index in [4.69, 9.17) is 9.47 Å². The Hall–Kier alpha value is -2.74. The molecule has 0 saturated carbocycles. The van der Waals surface area contributed by atoms with Gasteiger partial charge < -0.3 is 14.8 Å². The van der Waals surface area contributed by atoms with E-state index in [1.807, 2.05) is 37.3 Å². The average Bonchev–Trinajstić information content (AvgIpc) is 2.69. The number of sulfonamides is 1. The Morgan fingerprint density at radius 2 is 2.03 bits per heavy atom. The number of anilines is 1. The molecule has 156 valence electrons. The number of benzene rings is 2. The molecule has 1 N–H and O–H groups in total. The van der Waals surface area contributed by atoms with Crippen LogP contribution in [0.3, 0.4) is 0 Å². The molecular formula is C21H26N2O5S. The van der Waals surface area contributed by atoms with Crippen LogP contribution in [0, 0.1) is 6.92 Å². The van der Waals surface area contributed by atoms with Gasteiger partial charge in [0.2, 0.25) is 10.0 Å². The van der Waals surface area contributed by atoms with Gasteiger partial charge in [0.15, 0.2) is 6.10 Å². The second-order valence-electron chi connectivity index (χ2n) is 7.08. The van der Waals surface area contributed by atoms with Crippen molar-refractivity contribution in [2.45, 2.75) is 25.9 Å². The summed E-state index contributed by atoms with van der Waals surface area (Å²) in [4.78, 5) is 12.6. The quantitative estimate of drug-likeness (QED) is 0.698. The zero-order valence-corrected chi connectivity index (χ0v) is 17.7. The van der Waals surface area contributed by atoms with Crippen LogP contribution in [0.1, 0.15) is 17.5 Å². The van der Waals surface area contributed by atoms with Crippen molar-refractivity contribution in [2.24, 2.45) is 0 Å². The third kappa shape index (κ3) is 5.00. The van der Waals surface area contributed by atoms with E-state index in [0.29, 0.717) is 18.0 Å². The zero-order chi connectivity index (χ0) is 21.0. The van der Waals surface area contributed by atoms with E-state index >= 15 is 0 Å². The summed E-state index contributed by atoms with van der Waals surface area (Å²) < 4.78 is 36.8. The molecule has 1 aliphatic rings. The Morgan fingerprint density at radius 3 is 2.76 bits per heavy atom. The maximum atomic E-state index is 12.6. The Kier molecular flexibility index (Phi) is 6.32. The number of nitrogens with zero attached hydrogens (tertiary/aromatic N) is 1. The lowest BCUT2D eigenvalue weighted by atomic mass is 10.1. The number of rotatable bonds is 7. The summed E-state index contributed by atoms with van der Waals surface area (Å²) in [6.07, 6.45) is 1.72. The van der Waals surface area contributed by atoms with Crippen molar-refractivity contribution in [2.75, 3.05) is 30.8 Å². The second-order valence-corrected chi connectivity index (χ2v) is 8.99. The van der Waals surface area contributed by atoms with Crippen molar-refractivity contribution in [1.29, 1.82) is 0 Å². The highest BCUT2D eigenvalue weighted by Gasteiger charge is 2.34. The van der Waals surface area contributed by atoms with Gasteiger partial charge in [-0.15, -0.1) is 0 Å². The molecule has 29 heavy (non-hydrogen) atoms. The Bertz CT molecular complexity index is 990. The van der Waals surface area contributed by atoms with Crippen molar-refractivity contribution >= 4 is 21.6 Å². The molecule has 3 rings (SSSR count). The molecule has 2 aromatic rings. The number of amides is 1. The summed E-state index contributed by atoms with van der Waals surface area (Å²) in [5.41, 5.74) is 2.46. The molecule has 7 nitrogen and oxygen atoms in total. The van der Waals surface area contributed by atoms with E-state index in [1.165, 1.54) is 4.31 Å². The van der Waals surface area contributed by atoms with Gasteiger partial charge in [0, 0.05) is 6.54 Å². The Morgan fingerprint density at radius 1 is 1.28 bits per heavy atom. The number of ether oxygens (including phenoxy) is 2. The van der Waals surface area contributed by atoms with Crippen molar-refractivity contribution in [3.63, 3.8) is 0 Å². The molecule has 1 amide bonds. The SMILES string of the molecule is COc1ccccc1CCCNC(=O)[C@@H]1CN(S(C)(=O)=O)c2cc(C)ccc2O1. The molecule has 0 fully saturated rings. The molecule has 0 spiro atoms. The number of carbonyl (C=O) groups excluding carboxylic acids is 1. The molecule has 0 bridgehead atoms. The average molecular weight is 419 g/mol. The first-order chi connectivity index (χ1) is 13.8. The Balaban J connectivity index is 1.62. The predicted octanol–water partition coefficient (Wildman–Crippen LogP) is 2.28. The van der Waals surface area contributed by atoms with Crippen LogP contribution in [0.25, 0.3) is 0 Å². The number of hydrogen-bond donors (Lipinski definition) is 1. The Labute approximate surface area is 171 Å². The molecule has 0 aromatic heterocycles. The van der Waals surface area contributed by atoms with Crippen LogP contribution < -0.4 is 19.1 Å². The molecule has 0 aliphatic carbocycles. The number of aryl methyl sites for hydroxylation is 2. The highest BCUT2D eigenvalue weighted by Crippen LogP contribution is 2.35. The van der Waals surface area contributed by atoms with Gasteiger partial charge in [0.25, 0.3) is 5.91 Å². The molecule has 0 unspecified atom stereocenters. The fourth-order valence-corrected chi connectivity index (χ4v) is 4.23. The van der Waals surface area contributed by atoms with Crippen molar-refractivity contribution < 1.29 is 22.7 Å². The predicted molar refractivity (Wildman–Crippen MR) is 112 cm³/mol. The zero-order valence-electron chi connectivity index (χ0n) is 16.8. The minimum absolute atomic E-state index is 0.0480. The third-order valence-corrected chi connectivity index (χ3v) is 5.94. The number of fused-ring (bicyclic) bond motifs is 1. The second kappa shape index (κ2) is 8.73. The molecule has 1 aliphatic heterocycles. The third-order valence-electron chi connectivity index (χ3n) is 4.79. The highest BCUT2D eigenvalue weighted by molar-refractivity contribution is 7.92. The van der Waals surface area contributed by atoms with Gasteiger partial charge >= 0.3 is 0 Å². The van der Waals surface area contributed by atoms with Gasteiger partial charge in [0.05, 0.1) is 25.6 Å². The van der Waals surface area contributed by atoms with Gasteiger partial charge in [-0.05, 0) is 49.1 Å². The summed E-state index contributed by atoms with van der Waals surface area (Å²) in [5.74, 6) is 0.886. The number of methoxy groups -OCH3 is 1. The van der Waals surface area contributed by atoms with Crippen LogP contribution in [0.4, 0.5) is 5.69 Å². The van der Waals surface area contributed by atoms with E-state index in [1.54, 1.807) is 19.2 Å². The topological polar surface area (TPSA) is 84.9 Å². The first-order valence-electron chi connectivity index (χ1n) is 9.44. The lowest BCUT2D eigenvalue weighted by Crippen LogP contribution is -2.50. The van der Waals surface area contributed by atoms with Crippen LogP contribution in [-0.2, 0) is 21.2 Å². The largest absolute Gasteiger partial charge is 0.496 e. The first-order valence-corrected chi connectivity index (χ1v) is 11.3. The van der Waals surface area contributed by atoms with Crippen LogP contribution in [0.2, 0.25) is 0 Å². The van der Waals surface area contributed by atoms with Crippen molar-refractivity contribution in [1.82, 2.24) is 5.32 Å². The van der Waals surface area contributed by atoms with E-state index in [2.05, 4.69) is 5.32 Å². The summed E-state index contributed by atoms with van der Waals surface area (Å²) in [6.45, 7) is 2.28. The standard InChI is InChI=1S/C21H26N2O5S/c1-15-10-11-19-17(13-15)23(29(3,25)26)14-20(28-19)21(24)22-12-6-8-16-7-4-5-9-18(16)27-2/h4-5,7,9-11,13,20H,6,8,12,14H2,1-3H3,(H,22,24)/t20-/m0/s1. The molecule has 0 saturated heterocycles. The molecule has 0 radical (unpaired) electrons. The number of hydrogen-bond acceptors (Lipinski definition) is 5. The van der Waals surface area contributed by atoms with Gasteiger partial charge in [-0.1, -0.05) is 24.3 Å². The van der Waals surface area contributed by atoms with E-state index in [0.717, 1.165) is 36.0 Å². The monoisotopic (exact) mass is 418 g/mol. The fourth-order valence-electron chi connectivity index (χ4n) is 3.33. The minimum atomic E-state index is -3.53. The number of carbonyl (C=O) groups is 1. The lowest BCUT2D eigenvalue weighted by Gasteiger charge is -2.34. The first kappa shape index (κ1) is 21.0. The molecule has 8 heteroatoms. The molecule has 1 atom stereocenters. The maximum absolute atomic E-state index is 12.6. The number of para-hydroxylation sites is 1. The maximum Gasteiger partial charge on any atom is 0.263 e. The van der Waals surface area contributed by atoms with Crippen LogP contribution in [0.5, 0.6) is 11.5 Å². The highest BCUT2D eigenvalue weighted by atomic mass is 32.2. The van der Waals surface area contributed by atoms with Crippen molar-refractivity contribution in [3.05, 3.63) is 53.6 Å². The lowest BCUT2D eigenvalue weighted by molar-refractivity contribution is -0.127. The molecule has 2 aromatic carbocycles. The number of nitrogens with one attached hydrogen (secondary N) is 1. The molecular weight excluding hydrogens is 392 g/mol. The van der Waals surface area contributed by atoms with Gasteiger partial charge in [0.1, 0.15) is 11.5 Å². The van der Waals surface area contributed by atoms with Gasteiger partial charge in [-0.2, -0.15) is 0 Å². The van der Waals surface area contributed by atoms with E-state index < -0.39 is 16.1 Å². The minimum Gasteiger partial charge on any atom is -0.496 e. The van der Waals surface area contributed by atoms with Crippen molar-refractivity contribution in [3.8, 4) is 11.5 Å². The van der Waals surface area contributed by atoms with Gasteiger partial charge in [-0.3, -0.25) is 9.10 Å². The van der Waals surface area contributed by atoms with Crippen LogP contribution in [0.15, 0.2) is 42.5 Å². The van der Waals surface area contributed by atoms with Crippen LogP contribution >= 0.6 is 0 Å².